The number of rotatable bonds is 6. The fourth-order valence-corrected chi connectivity index (χ4v) is 1.88. The quantitative estimate of drug-likeness (QED) is 0.850. The Kier molecular flexibility index (Phi) is 4.23. The number of benzene rings is 1. The first-order chi connectivity index (χ1) is 8.83. The standard InChI is InChI=1S/C14H19N3O/c1-3-17-10-9-16-14(17)15-8-7-12-5-4-6-13(11-12)18-2/h4-6,9-11H,3,7-8H2,1-2H3,(H,15,16). The lowest BCUT2D eigenvalue weighted by molar-refractivity contribution is 0.414. The first-order valence-electron chi connectivity index (χ1n) is 6.21. The molecule has 0 spiro atoms. The normalized spacial score (nSPS) is 10.3. The molecule has 2 aromatic rings. The van der Waals surface area contributed by atoms with Gasteiger partial charge in [-0.25, -0.2) is 4.98 Å². The summed E-state index contributed by atoms with van der Waals surface area (Å²) in [4.78, 5) is 4.28. The Morgan fingerprint density at radius 2 is 2.28 bits per heavy atom. The maximum Gasteiger partial charge on any atom is 0.202 e. The van der Waals surface area contributed by atoms with Crippen LogP contribution < -0.4 is 10.1 Å². The van der Waals surface area contributed by atoms with Crippen molar-refractivity contribution in [2.75, 3.05) is 19.0 Å². The van der Waals surface area contributed by atoms with Crippen LogP contribution in [0, 0.1) is 0 Å². The van der Waals surface area contributed by atoms with Crippen LogP contribution in [0.5, 0.6) is 5.75 Å². The van der Waals surface area contributed by atoms with Crippen molar-refractivity contribution in [1.82, 2.24) is 9.55 Å². The lowest BCUT2D eigenvalue weighted by atomic mass is 10.1. The zero-order valence-electron chi connectivity index (χ0n) is 10.9. The van der Waals surface area contributed by atoms with Gasteiger partial charge in [0.25, 0.3) is 0 Å². The minimum atomic E-state index is 0.865. The van der Waals surface area contributed by atoms with Crippen LogP contribution >= 0.6 is 0 Å². The molecule has 0 amide bonds. The summed E-state index contributed by atoms with van der Waals surface area (Å²) in [5.41, 5.74) is 1.26. The SMILES string of the molecule is CCn1ccnc1NCCc1cccc(OC)c1. The number of ether oxygens (including phenoxy) is 1. The van der Waals surface area contributed by atoms with Gasteiger partial charge in [0.1, 0.15) is 5.75 Å². The molecule has 0 saturated carbocycles. The first-order valence-corrected chi connectivity index (χ1v) is 6.21. The van der Waals surface area contributed by atoms with Gasteiger partial charge in [-0.05, 0) is 31.0 Å². The van der Waals surface area contributed by atoms with E-state index in [0.717, 1.165) is 31.2 Å². The Morgan fingerprint density at radius 1 is 1.39 bits per heavy atom. The summed E-state index contributed by atoms with van der Waals surface area (Å²) in [7, 11) is 1.69. The number of nitrogens with zero attached hydrogens (tertiary/aromatic N) is 2. The van der Waals surface area contributed by atoms with Gasteiger partial charge in [0.2, 0.25) is 5.95 Å². The van der Waals surface area contributed by atoms with Crippen LogP contribution in [0.2, 0.25) is 0 Å². The van der Waals surface area contributed by atoms with E-state index in [1.54, 1.807) is 7.11 Å². The Morgan fingerprint density at radius 3 is 3.06 bits per heavy atom. The van der Waals surface area contributed by atoms with Crippen LogP contribution in [0.4, 0.5) is 5.95 Å². The molecule has 0 aliphatic carbocycles. The number of nitrogens with one attached hydrogen (secondary N) is 1. The molecule has 1 heterocycles. The third-order valence-electron chi connectivity index (χ3n) is 2.89. The number of methoxy groups -OCH3 is 1. The maximum atomic E-state index is 5.21. The average molecular weight is 245 g/mol. The van der Waals surface area contributed by atoms with Gasteiger partial charge in [-0.1, -0.05) is 12.1 Å². The molecule has 1 N–H and O–H groups in total. The van der Waals surface area contributed by atoms with Crippen LogP contribution in [-0.2, 0) is 13.0 Å². The summed E-state index contributed by atoms with van der Waals surface area (Å²) in [5, 5.41) is 3.34. The predicted molar refractivity (Wildman–Crippen MR) is 73.1 cm³/mol. The van der Waals surface area contributed by atoms with Crippen molar-refractivity contribution in [1.29, 1.82) is 0 Å². The predicted octanol–water partition coefficient (Wildman–Crippen LogP) is 2.57. The topological polar surface area (TPSA) is 39.1 Å². The molecule has 18 heavy (non-hydrogen) atoms. The molecule has 0 unspecified atom stereocenters. The molecule has 4 nitrogen and oxygen atoms in total. The van der Waals surface area contributed by atoms with Crippen molar-refractivity contribution in [3.8, 4) is 5.75 Å². The third-order valence-corrected chi connectivity index (χ3v) is 2.89. The highest BCUT2D eigenvalue weighted by atomic mass is 16.5. The molecule has 1 aromatic heterocycles. The van der Waals surface area contributed by atoms with Gasteiger partial charge >= 0.3 is 0 Å². The van der Waals surface area contributed by atoms with E-state index in [2.05, 4.69) is 33.9 Å². The summed E-state index contributed by atoms with van der Waals surface area (Å²) in [6, 6.07) is 8.15. The van der Waals surface area contributed by atoms with Crippen molar-refractivity contribution in [3.05, 3.63) is 42.2 Å². The molecule has 96 valence electrons. The summed E-state index contributed by atoms with van der Waals surface area (Å²) in [5.74, 6) is 1.84. The van der Waals surface area contributed by atoms with Gasteiger partial charge in [-0.3, -0.25) is 0 Å². The molecule has 0 fully saturated rings. The summed E-state index contributed by atoms with van der Waals surface area (Å²) in [6.45, 7) is 3.90. The number of aromatic nitrogens is 2. The van der Waals surface area contributed by atoms with Crippen LogP contribution in [0.25, 0.3) is 0 Å². The molecular formula is C14H19N3O. The lowest BCUT2D eigenvalue weighted by Gasteiger charge is -2.08. The second-order valence-electron chi connectivity index (χ2n) is 4.07. The van der Waals surface area contributed by atoms with Gasteiger partial charge in [0.05, 0.1) is 7.11 Å². The first kappa shape index (κ1) is 12.5. The minimum Gasteiger partial charge on any atom is -0.497 e. The number of hydrogen-bond acceptors (Lipinski definition) is 3. The van der Waals surface area contributed by atoms with E-state index >= 15 is 0 Å². The summed E-state index contributed by atoms with van der Waals surface area (Å²) >= 11 is 0. The van der Waals surface area contributed by atoms with Gasteiger partial charge in [-0.2, -0.15) is 0 Å². The largest absolute Gasteiger partial charge is 0.497 e. The molecular weight excluding hydrogens is 226 g/mol. The van der Waals surface area contributed by atoms with E-state index in [1.807, 2.05) is 24.5 Å². The molecule has 0 bridgehead atoms. The Balaban J connectivity index is 1.88. The highest BCUT2D eigenvalue weighted by Gasteiger charge is 2.00. The fourth-order valence-electron chi connectivity index (χ4n) is 1.88. The van der Waals surface area contributed by atoms with Crippen molar-refractivity contribution >= 4 is 5.95 Å². The van der Waals surface area contributed by atoms with E-state index in [9.17, 15) is 0 Å². The van der Waals surface area contributed by atoms with Crippen molar-refractivity contribution < 1.29 is 4.74 Å². The monoisotopic (exact) mass is 245 g/mol. The van der Waals surface area contributed by atoms with Crippen molar-refractivity contribution in [2.45, 2.75) is 19.9 Å². The van der Waals surface area contributed by atoms with E-state index in [0.29, 0.717) is 0 Å². The Bertz CT molecular complexity index is 493. The summed E-state index contributed by atoms with van der Waals surface area (Å²) in [6.07, 6.45) is 4.75. The number of anilines is 1. The Hall–Kier alpha value is -1.97. The molecule has 0 aliphatic rings. The van der Waals surface area contributed by atoms with Gasteiger partial charge in [0, 0.05) is 25.5 Å². The second kappa shape index (κ2) is 6.10. The highest BCUT2D eigenvalue weighted by molar-refractivity contribution is 5.30. The number of imidazole rings is 1. The molecule has 1 aromatic carbocycles. The summed E-state index contributed by atoms with van der Waals surface area (Å²) < 4.78 is 7.30. The highest BCUT2D eigenvalue weighted by Crippen LogP contribution is 2.13. The van der Waals surface area contributed by atoms with Gasteiger partial charge < -0.3 is 14.6 Å². The van der Waals surface area contributed by atoms with Crippen molar-refractivity contribution in [3.63, 3.8) is 0 Å². The van der Waals surface area contributed by atoms with Crippen LogP contribution in [0.1, 0.15) is 12.5 Å². The fraction of sp³-hybridized carbons (Fsp3) is 0.357. The minimum absolute atomic E-state index is 0.865. The van der Waals surface area contributed by atoms with Crippen LogP contribution in [-0.4, -0.2) is 23.2 Å². The van der Waals surface area contributed by atoms with Gasteiger partial charge in [-0.15, -0.1) is 0 Å². The number of aryl methyl sites for hydroxylation is 1. The van der Waals surface area contributed by atoms with Gasteiger partial charge in [0.15, 0.2) is 0 Å². The van der Waals surface area contributed by atoms with Crippen molar-refractivity contribution in [2.24, 2.45) is 0 Å². The van der Waals surface area contributed by atoms with E-state index in [1.165, 1.54) is 5.56 Å². The zero-order chi connectivity index (χ0) is 12.8. The molecule has 4 heteroatoms. The molecule has 0 saturated heterocycles. The van der Waals surface area contributed by atoms with E-state index in [4.69, 9.17) is 4.74 Å². The molecule has 0 radical (unpaired) electrons. The van der Waals surface area contributed by atoms with Crippen LogP contribution in [0.15, 0.2) is 36.7 Å². The lowest BCUT2D eigenvalue weighted by Crippen LogP contribution is -2.10. The number of hydrogen-bond donors (Lipinski definition) is 1. The average Bonchev–Trinajstić information content (AvgIpc) is 2.86. The van der Waals surface area contributed by atoms with E-state index in [-0.39, 0.29) is 0 Å². The molecule has 0 atom stereocenters. The molecule has 0 aliphatic heterocycles. The molecule has 2 rings (SSSR count). The second-order valence-corrected chi connectivity index (χ2v) is 4.07. The van der Waals surface area contributed by atoms with E-state index < -0.39 is 0 Å². The smallest absolute Gasteiger partial charge is 0.202 e. The van der Waals surface area contributed by atoms with Crippen LogP contribution in [0.3, 0.4) is 0 Å². The maximum absolute atomic E-state index is 5.21. The Labute approximate surface area is 108 Å². The zero-order valence-corrected chi connectivity index (χ0v) is 10.9. The third kappa shape index (κ3) is 3.03.